The van der Waals surface area contributed by atoms with E-state index in [4.69, 9.17) is 14.2 Å². The number of halogens is 1. The lowest BCUT2D eigenvalue weighted by atomic mass is 9.93. The summed E-state index contributed by atoms with van der Waals surface area (Å²) < 4.78 is 57.1. The minimum atomic E-state index is -3.42. The first kappa shape index (κ1) is 25.3. The minimum absolute atomic E-state index is 0.0796. The van der Waals surface area contributed by atoms with Crippen LogP contribution in [0.5, 0.6) is 5.75 Å². The van der Waals surface area contributed by atoms with Crippen molar-refractivity contribution >= 4 is 26.6 Å². The summed E-state index contributed by atoms with van der Waals surface area (Å²) in [6.45, 7) is 0.936. The zero-order valence-electron chi connectivity index (χ0n) is 19.8. The normalized spacial score (nSPS) is 16.4. The predicted molar refractivity (Wildman–Crippen MR) is 133 cm³/mol. The van der Waals surface area contributed by atoms with Gasteiger partial charge in [-0.15, -0.1) is 0 Å². The molecule has 1 aromatic carbocycles. The number of fused-ring (bicyclic) bond motifs is 1. The van der Waals surface area contributed by atoms with E-state index in [1.807, 2.05) is 12.1 Å². The van der Waals surface area contributed by atoms with Gasteiger partial charge in [-0.1, -0.05) is 6.08 Å². The molecule has 2 heterocycles. The van der Waals surface area contributed by atoms with Crippen LogP contribution in [0, 0.1) is 5.82 Å². The van der Waals surface area contributed by atoms with Gasteiger partial charge in [0.1, 0.15) is 17.2 Å². The Labute approximate surface area is 204 Å². The van der Waals surface area contributed by atoms with E-state index in [0.29, 0.717) is 49.4 Å². The van der Waals surface area contributed by atoms with Crippen molar-refractivity contribution in [3.8, 4) is 16.9 Å². The Hall–Kier alpha value is -2.79. The molecule has 2 aromatic heterocycles. The zero-order chi connectivity index (χ0) is 24.8. The number of nitrogens with one attached hydrogen (secondary N) is 2. The molecule has 0 aliphatic heterocycles. The third kappa shape index (κ3) is 6.26. The average molecular weight is 504 g/mol. The smallest absolute Gasteiger partial charge is 0.214 e. The average Bonchev–Trinajstić information content (AvgIpc) is 3.28. The van der Waals surface area contributed by atoms with Gasteiger partial charge < -0.3 is 19.2 Å². The molecule has 2 N–H and O–H groups in total. The summed E-state index contributed by atoms with van der Waals surface area (Å²) in [6, 6.07) is 8.14. The van der Waals surface area contributed by atoms with E-state index in [1.54, 1.807) is 26.5 Å². The predicted octanol–water partition coefficient (Wildman–Crippen LogP) is 3.90. The highest BCUT2D eigenvalue weighted by Crippen LogP contribution is 2.37. The largest absolute Gasteiger partial charge is 0.496 e. The lowest BCUT2D eigenvalue weighted by Gasteiger charge is -2.22. The number of H-pyrrole nitrogens is 1. The maximum atomic E-state index is 14.0. The highest BCUT2D eigenvalue weighted by Gasteiger charge is 2.22. The van der Waals surface area contributed by atoms with Gasteiger partial charge in [0.05, 0.1) is 32.7 Å². The van der Waals surface area contributed by atoms with Crippen LogP contribution >= 0.6 is 0 Å². The maximum absolute atomic E-state index is 14.0. The third-order valence-electron chi connectivity index (χ3n) is 6.01. The van der Waals surface area contributed by atoms with Crippen molar-refractivity contribution in [2.75, 3.05) is 39.8 Å². The van der Waals surface area contributed by atoms with Gasteiger partial charge in [-0.2, -0.15) is 0 Å². The lowest BCUT2D eigenvalue weighted by Crippen LogP contribution is -2.38. The third-order valence-corrected chi connectivity index (χ3v) is 7.41. The number of aromatic amines is 1. The van der Waals surface area contributed by atoms with Gasteiger partial charge in [-0.25, -0.2) is 22.5 Å². The molecule has 8 nitrogen and oxygen atoms in total. The summed E-state index contributed by atoms with van der Waals surface area (Å²) in [5.74, 6) is 0.161. The number of rotatable bonds is 11. The number of hydrogen-bond acceptors (Lipinski definition) is 6. The molecule has 0 saturated heterocycles. The molecule has 1 aliphatic carbocycles. The molecular formula is C25H30FN3O5S. The van der Waals surface area contributed by atoms with Crippen molar-refractivity contribution in [2.24, 2.45) is 0 Å². The first-order valence-corrected chi connectivity index (χ1v) is 13.1. The van der Waals surface area contributed by atoms with Crippen LogP contribution in [-0.4, -0.2) is 64.2 Å². The first-order chi connectivity index (χ1) is 16.9. The van der Waals surface area contributed by atoms with Crippen molar-refractivity contribution in [3.05, 3.63) is 54.1 Å². The van der Waals surface area contributed by atoms with Crippen LogP contribution in [0.3, 0.4) is 0 Å². The molecule has 4 rings (SSSR count). The van der Waals surface area contributed by atoms with Gasteiger partial charge in [0.2, 0.25) is 10.0 Å². The second kappa shape index (κ2) is 11.3. The Kier molecular flexibility index (Phi) is 8.17. The highest BCUT2D eigenvalue weighted by atomic mass is 32.2. The van der Waals surface area contributed by atoms with Gasteiger partial charge in [-0.3, -0.25) is 0 Å². The topological polar surface area (TPSA) is 103 Å². The van der Waals surface area contributed by atoms with Crippen LogP contribution in [0.2, 0.25) is 0 Å². The van der Waals surface area contributed by atoms with E-state index in [1.165, 1.54) is 12.1 Å². The number of allylic oxidation sites excluding steroid dienone is 1. The van der Waals surface area contributed by atoms with Gasteiger partial charge >= 0.3 is 0 Å². The zero-order valence-corrected chi connectivity index (χ0v) is 20.7. The summed E-state index contributed by atoms with van der Waals surface area (Å²) in [5.41, 5.74) is 4.19. The van der Waals surface area contributed by atoms with Gasteiger partial charge in [0, 0.05) is 36.0 Å². The summed E-state index contributed by atoms with van der Waals surface area (Å²) in [5, 5.41) is 0.864. The molecule has 0 amide bonds. The number of pyridine rings is 1. The molecule has 0 saturated carbocycles. The Bertz CT molecular complexity index is 1310. The second-order valence-electron chi connectivity index (χ2n) is 8.39. The molecule has 1 atom stereocenters. The van der Waals surface area contributed by atoms with Crippen molar-refractivity contribution in [2.45, 2.75) is 25.3 Å². The summed E-state index contributed by atoms with van der Waals surface area (Å²) in [7, 11) is -0.295. The molecular weight excluding hydrogens is 473 g/mol. The minimum Gasteiger partial charge on any atom is -0.496 e. The van der Waals surface area contributed by atoms with E-state index < -0.39 is 10.0 Å². The van der Waals surface area contributed by atoms with Gasteiger partial charge in [-0.05, 0) is 60.7 Å². The second-order valence-corrected chi connectivity index (χ2v) is 10.3. The summed E-state index contributed by atoms with van der Waals surface area (Å²) in [6.07, 6.45) is 5.72. The van der Waals surface area contributed by atoms with Crippen LogP contribution < -0.4 is 9.46 Å². The molecule has 0 fully saturated rings. The quantitative estimate of drug-likeness (QED) is 0.385. The fourth-order valence-electron chi connectivity index (χ4n) is 4.24. The maximum Gasteiger partial charge on any atom is 0.214 e. The van der Waals surface area contributed by atoms with Crippen LogP contribution in [0.25, 0.3) is 27.7 Å². The Balaban J connectivity index is 1.47. The molecule has 0 radical (unpaired) electrons. The molecule has 188 valence electrons. The molecule has 10 heteroatoms. The van der Waals surface area contributed by atoms with Crippen molar-refractivity contribution in [3.63, 3.8) is 0 Å². The van der Waals surface area contributed by atoms with Crippen LogP contribution in [0.15, 0.2) is 42.6 Å². The molecule has 3 aromatic rings. The van der Waals surface area contributed by atoms with Crippen molar-refractivity contribution < 1.29 is 27.0 Å². The standard InChI is InChI=1S/C25H30FN3O5S/c1-32-11-12-34-13-14-35(30,31)29-19-6-3-17(4-7-19)23-16-22-20(9-10-27-25(22)28-23)21-15-18(26)5-8-24(21)33-2/h3,5,8-10,15-16,19,29H,4,6-7,11-14H2,1-2H3,(H,27,28). The van der Waals surface area contributed by atoms with E-state index >= 15 is 0 Å². The Morgan fingerprint density at radius 3 is 2.74 bits per heavy atom. The number of aromatic nitrogens is 2. The highest BCUT2D eigenvalue weighted by molar-refractivity contribution is 7.89. The van der Waals surface area contributed by atoms with Gasteiger partial charge in [0.25, 0.3) is 0 Å². The number of ether oxygens (including phenoxy) is 3. The number of hydrogen-bond donors (Lipinski definition) is 2. The van der Waals surface area contributed by atoms with E-state index in [9.17, 15) is 12.8 Å². The van der Waals surface area contributed by atoms with Crippen LogP contribution in [-0.2, 0) is 19.5 Å². The molecule has 1 unspecified atom stereocenters. The Morgan fingerprint density at radius 1 is 1.14 bits per heavy atom. The van der Waals surface area contributed by atoms with Gasteiger partial charge in [0.15, 0.2) is 0 Å². The number of methoxy groups -OCH3 is 2. The first-order valence-electron chi connectivity index (χ1n) is 11.5. The lowest BCUT2D eigenvalue weighted by molar-refractivity contribution is 0.0784. The number of benzene rings is 1. The number of nitrogens with zero attached hydrogens (tertiary/aromatic N) is 1. The Morgan fingerprint density at radius 2 is 2.00 bits per heavy atom. The molecule has 35 heavy (non-hydrogen) atoms. The van der Waals surface area contributed by atoms with Crippen molar-refractivity contribution in [1.29, 1.82) is 0 Å². The monoisotopic (exact) mass is 503 g/mol. The number of sulfonamides is 1. The van der Waals surface area contributed by atoms with Crippen LogP contribution in [0.1, 0.15) is 25.0 Å². The van der Waals surface area contributed by atoms with E-state index in [2.05, 4.69) is 20.8 Å². The van der Waals surface area contributed by atoms with E-state index in [-0.39, 0.29) is 24.2 Å². The van der Waals surface area contributed by atoms with Crippen molar-refractivity contribution in [1.82, 2.24) is 14.7 Å². The summed E-state index contributed by atoms with van der Waals surface area (Å²) in [4.78, 5) is 7.80. The molecule has 0 spiro atoms. The molecule has 1 aliphatic rings. The SMILES string of the molecule is COCCOCCS(=O)(=O)NC1CC=C(c2cc3c(-c4cc(F)ccc4OC)ccnc3[nH]2)CC1. The van der Waals surface area contributed by atoms with E-state index in [0.717, 1.165) is 22.2 Å². The molecule has 0 bridgehead atoms. The fraction of sp³-hybridized carbons (Fsp3) is 0.400. The van der Waals surface area contributed by atoms with Crippen LogP contribution in [0.4, 0.5) is 4.39 Å². The summed E-state index contributed by atoms with van der Waals surface area (Å²) >= 11 is 0. The fourth-order valence-corrected chi connectivity index (χ4v) is 5.41.